The molecule has 166 valence electrons. The normalized spacial score (nSPS) is 16.4. The molecule has 1 saturated heterocycles. The molecule has 1 aliphatic heterocycles. The van der Waals surface area contributed by atoms with E-state index in [2.05, 4.69) is 32.2 Å². The molecule has 1 heterocycles. The van der Waals surface area contributed by atoms with Gasteiger partial charge in [0.15, 0.2) is 0 Å². The van der Waals surface area contributed by atoms with Crippen molar-refractivity contribution in [1.82, 2.24) is 10.2 Å². The third-order valence-corrected chi connectivity index (χ3v) is 5.32. The second kappa shape index (κ2) is 13.8. The Labute approximate surface area is 182 Å². The maximum atomic E-state index is 13.4. The van der Waals surface area contributed by atoms with Crippen molar-refractivity contribution < 1.29 is 14.3 Å². The second-order valence-corrected chi connectivity index (χ2v) is 7.93. The number of nitrogens with one attached hydrogen (secondary N) is 1. The minimum Gasteiger partial charge on any atom is -0.493 e. The number of hydrogen-bond donors (Lipinski definition) is 1. The fourth-order valence-corrected chi connectivity index (χ4v) is 3.82. The summed E-state index contributed by atoms with van der Waals surface area (Å²) < 4.78 is 11.2. The van der Waals surface area contributed by atoms with E-state index in [9.17, 15) is 4.79 Å². The molecule has 0 aromatic heterocycles. The molecule has 1 N–H and O–H groups in total. The van der Waals surface area contributed by atoms with Crippen molar-refractivity contribution in [3.8, 4) is 5.75 Å². The molecule has 1 aromatic rings. The summed E-state index contributed by atoms with van der Waals surface area (Å²) in [6, 6.07) is 6.43. The Balaban J connectivity index is 0.00000420. The minimum atomic E-state index is 0. The average Bonchev–Trinajstić information content (AvgIpc) is 2.70. The van der Waals surface area contributed by atoms with E-state index in [0.29, 0.717) is 13.2 Å². The maximum absolute atomic E-state index is 13.4. The Morgan fingerprint density at radius 3 is 2.69 bits per heavy atom. The average molecular weight is 427 g/mol. The summed E-state index contributed by atoms with van der Waals surface area (Å²) >= 11 is 0. The number of nitrogens with zero attached hydrogens (tertiary/aromatic N) is 1. The van der Waals surface area contributed by atoms with Crippen molar-refractivity contribution in [1.29, 1.82) is 0 Å². The number of rotatable bonds is 11. The lowest BCUT2D eigenvalue weighted by Crippen LogP contribution is -2.51. The van der Waals surface area contributed by atoms with Crippen molar-refractivity contribution in [2.24, 2.45) is 0 Å². The van der Waals surface area contributed by atoms with Crippen LogP contribution in [0.5, 0.6) is 5.75 Å². The third-order valence-electron chi connectivity index (χ3n) is 5.32. The van der Waals surface area contributed by atoms with Crippen molar-refractivity contribution in [2.45, 2.75) is 71.4 Å². The lowest BCUT2D eigenvalue weighted by molar-refractivity contribution is 0.0573. The van der Waals surface area contributed by atoms with E-state index in [-0.39, 0.29) is 30.4 Å². The molecule has 0 aliphatic carbocycles. The first-order valence-corrected chi connectivity index (χ1v) is 10.9. The van der Waals surface area contributed by atoms with E-state index in [1.807, 2.05) is 17.0 Å². The van der Waals surface area contributed by atoms with Crippen LogP contribution in [0.3, 0.4) is 0 Å². The van der Waals surface area contributed by atoms with Gasteiger partial charge in [-0.3, -0.25) is 4.79 Å². The van der Waals surface area contributed by atoms with E-state index in [1.165, 1.54) is 5.56 Å². The van der Waals surface area contributed by atoms with Gasteiger partial charge in [0.25, 0.3) is 5.91 Å². The number of aryl methyl sites for hydroxylation is 1. The summed E-state index contributed by atoms with van der Waals surface area (Å²) in [7, 11) is 1.70. The van der Waals surface area contributed by atoms with Crippen molar-refractivity contribution in [3.05, 3.63) is 29.3 Å². The Morgan fingerprint density at radius 1 is 1.28 bits per heavy atom. The van der Waals surface area contributed by atoms with Gasteiger partial charge in [-0.25, -0.2) is 0 Å². The fourth-order valence-electron chi connectivity index (χ4n) is 3.82. The lowest BCUT2D eigenvalue weighted by atomic mass is 10.0. The van der Waals surface area contributed by atoms with Crippen LogP contribution in [0.25, 0.3) is 0 Å². The topological polar surface area (TPSA) is 50.8 Å². The van der Waals surface area contributed by atoms with Crippen LogP contribution in [0.1, 0.15) is 68.8 Å². The number of hydrogen-bond acceptors (Lipinski definition) is 4. The van der Waals surface area contributed by atoms with E-state index in [0.717, 1.165) is 62.9 Å². The predicted octanol–water partition coefficient (Wildman–Crippen LogP) is 4.47. The zero-order chi connectivity index (χ0) is 20.4. The molecule has 1 atom stereocenters. The van der Waals surface area contributed by atoms with E-state index >= 15 is 0 Å². The molecule has 6 heteroatoms. The summed E-state index contributed by atoms with van der Waals surface area (Å²) in [5.41, 5.74) is 1.91. The summed E-state index contributed by atoms with van der Waals surface area (Å²) in [5.74, 6) is 0.952. The standard InChI is InChI=1S/C23H38N2O3.ClH/c1-5-6-9-19-11-12-20(16-22(19)28-15-8-14-27-4)23(26)25(18(2)3)21-10-7-13-24-17-21;/h11-12,16,18,21,24H,5-10,13-15,17H2,1-4H3;1H/t21-;/m1./s1. The van der Waals surface area contributed by atoms with Gasteiger partial charge in [0.2, 0.25) is 0 Å². The van der Waals surface area contributed by atoms with Gasteiger partial charge in [0.05, 0.1) is 6.61 Å². The molecule has 0 saturated carbocycles. The van der Waals surface area contributed by atoms with Crippen LogP contribution in [-0.2, 0) is 11.2 Å². The molecule has 2 rings (SSSR count). The van der Waals surface area contributed by atoms with Crippen LogP contribution in [0.4, 0.5) is 0 Å². The molecular weight excluding hydrogens is 388 g/mol. The molecule has 0 unspecified atom stereocenters. The Kier molecular flexibility index (Phi) is 12.3. The Morgan fingerprint density at radius 2 is 2.07 bits per heavy atom. The van der Waals surface area contributed by atoms with Gasteiger partial charge in [-0.05, 0) is 63.8 Å². The maximum Gasteiger partial charge on any atom is 0.254 e. The predicted molar refractivity (Wildman–Crippen MR) is 121 cm³/mol. The monoisotopic (exact) mass is 426 g/mol. The third kappa shape index (κ3) is 7.80. The number of unbranched alkanes of at least 4 members (excludes halogenated alkanes) is 1. The first-order valence-electron chi connectivity index (χ1n) is 10.9. The quantitative estimate of drug-likeness (QED) is 0.530. The molecule has 1 aromatic carbocycles. The lowest BCUT2D eigenvalue weighted by Gasteiger charge is -2.37. The number of carbonyl (C=O) groups is 1. The molecule has 29 heavy (non-hydrogen) atoms. The van der Waals surface area contributed by atoms with Gasteiger partial charge in [-0.2, -0.15) is 0 Å². The highest BCUT2D eigenvalue weighted by molar-refractivity contribution is 5.95. The van der Waals surface area contributed by atoms with Crippen LogP contribution < -0.4 is 10.1 Å². The van der Waals surface area contributed by atoms with Crippen molar-refractivity contribution >= 4 is 18.3 Å². The second-order valence-electron chi connectivity index (χ2n) is 7.93. The highest BCUT2D eigenvalue weighted by Gasteiger charge is 2.28. The van der Waals surface area contributed by atoms with Crippen LogP contribution in [-0.4, -0.2) is 56.3 Å². The zero-order valence-corrected chi connectivity index (χ0v) is 19.4. The number of carbonyl (C=O) groups excluding carboxylic acids is 1. The van der Waals surface area contributed by atoms with Gasteiger partial charge < -0.3 is 19.7 Å². The zero-order valence-electron chi connectivity index (χ0n) is 18.5. The van der Waals surface area contributed by atoms with E-state index in [1.54, 1.807) is 7.11 Å². The smallest absolute Gasteiger partial charge is 0.254 e. The number of piperidine rings is 1. The fraction of sp³-hybridized carbons (Fsp3) is 0.696. The first kappa shape index (κ1) is 25.7. The molecule has 5 nitrogen and oxygen atoms in total. The van der Waals surface area contributed by atoms with Crippen LogP contribution >= 0.6 is 12.4 Å². The van der Waals surface area contributed by atoms with Crippen molar-refractivity contribution in [2.75, 3.05) is 33.4 Å². The number of ether oxygens (including phenoxy) is 2. The van der Waals surface area contributed by atoms with Crippen LogP contribution in [0.15, 0.2) is 18.2 Å². The Bertz CT molecular complexity index is 604. The number of amides is 1. The molecule has 1 amide bonds. The minimum absolute atomic E-state index is 0. The van der Waals surface area contributed by atoms with E-state index < -0.39 is 0 Å². The summed E-state index contributed by atoms with van der Waals surface area (Å²) in [5, 5.41) is 3.43. The van der Waals surface area contributed by atoms with Gasteiger partial charge >= 0.3 is 0 Å². The number of benzene rings is 1. The van der Waals surface area contributed by atoms with Gasteiger partial charge in [-0.1, -0.05) is 19.4 Å². The highest BCUT2D eigenvalue weighted by Crippen LogP contribution is 2.25. The SMILES string of the molecule is CCCCc1ccc(C(=O)N(C(C)C)[C@@H]2CCCNC2)cc1OCCCOC.Cl. The molecule has 0 spiro atoms. The highest BCUT2D eigenvalue weighted by atomic mass is 35.5. The summed E-state index contributed by atoms with van der Waals surface area (Å²) in [6.45, 7) is 9.59. The number of methoxy groups -OCH3 is 1. The van der Waals surface area contributed by atoms with E-state index in [4.69, 9.17) is 9.47 Å². The molecule has 1 fully saturated rings. The van der Waals surface area contributed by atoms with Gasteiger partial charge in [0, 0.05) is 44.3 Å². The molecule has 0 radical (unpaired) electrons. The van der Waals surface area contributed by atoms with Crippen LogP contribution in [0, 0.1) is 0 Å². The van der Waals surface area contributed by atoms with Gasteiger partial charge in [0.1, 0.15) is 5.75 Å². The summed E-state index contributed by atoms with van der Waals surface area (Å²) in [6.07, 6.45) is 6.25. The molecule has 1 aliphatic rings. The first-order chi connectivity index (χ1) is 13.6. The largest absolute Gasteiger partial charge is 0.493 e. The van der Waals surface area contributed by atoms with Gasteiger partial charge in [-0.15, -0.1) is 12.4 Å². The number of halogens is 1. The molecular formula is C23H39ClN2O3. The van der Waals surface area contributed by atoms with Crippen LogP contribution in [0.2, 0.25) is 0 Å². The molecule has 0 bridgehead atoms. The Hall–Kier alpha value is -1.30. The summed E-state index contributed by atoms with van der Waals surface area (Å²) in [4.78, 5) is 15.4. The van der Waals surface area contributed by atoms with Crippen molar-refractivity contribution in [3.63, 3.8) is 0 Å².